The van der Waals surface area contributed by atoms with E-state index in [1.807, 2.05) is 36.2 Å². The number of hydrogen-bond acceptors (Lipinski definition) is 6. The molecule has 0 aliphatic carbocycles. The van der Waals surface area contributed by atoms with E-state index in [0.717, 1.165) is 24.4 Å². The number of β-amino-alcohol motifs (C(OH)–C–C–N with tert-alkyl or cyclic N) is 1. The standard InChI is InChI=1S/C19H30N2O4/c1-20(14-19(23)24-2)12-16-8-4-5-9-18(16)25-15-17(22)13-21-10-6-3-7-11-21/h4-5,8-9,17,22H,3,6-7,10-15H2,1-2H3. The zero-order valence-electron chi connectivity index (χ0n) is 15.3. The fourth-order valence-corrected chi connectivity index (χ4v) is 3.09. The number of benzene rings is 1. The fraction of sp³-hybridized carbons (Fsp3) is 0.632. The van der Waals surface area contributed by atoms with Crippen molar-refractivity contribution in [2.75, 3.05) is 46.9 Å². The number of piperidine rings is 1. The second kappa shape index (κ2) is 10.4. The number of aliphatic hydroxyl groups excluding tert-OH is 1. The molecule has 0 radical (unpaired) electrons. The Labute approximate surface area is 150 Å². The van der Waals surface area contributed by atoms with Crippen molar-refractivity contribution in [3.05, 3.63) is 29.8 Å². The van der Waals surface area contributed by atoms with Gasteiger partial charge in [-0.1, -0.05) is 24.6 Å². The Bertz CT molecular complexity index is 532. The van der Waals surface area contributed by atoms with E-state index >= 15 is 0 Å². The molecule has 2 rings (SSSR count). The Morgan fingerprint density at radius 2 is 2.00 bits per heavy atom. The number of aliphatic hydroxyl groups is 1. The molecule has 1 aliphatic rings. The molecule has 140 valence electrons. The molecular weight excluding hydrogens is 320 g/mol. The number of ether oxygens (including phenoxy) is 2. The first-order valence-electron chi connectivity index (χ1n) is 8.95. The summed E-state index contributed by atoms with van der Waals surface area (Å²) in [6.45, 7) is 3.85. The minimum atomic E-state index is -0.501. The summed E-state index contributed by atoms with van der Waals surface area (Å²) in [4.78, 5) is 15.5. The molecule has 0 bridgehead atoms. The van der Waals surface area contributed by atoms with Crippen LogP contribution in [0, 0.1) is 0 Å². The SMILES string of the molecule is COC(=O)CN(C)Cc1ccccc1OCC(O)CN1CCCCC1. The number of likely N-dealkylation sites (N-methyl/N-ethyl adjacent to an activating group) is 1. The third-order valence-corrected chi connectivity index (χ3v) is 4.39. The van der Waals surface area contributed by atoms with Gasteiger partial charge in [-0.3, -0.25) is 9.69 Å². The number of methoxy groups -OCH3 is 1. The van der Waals surface area contributed by atoms with Crippen molar-refractivity contribution in [2.24, 2.45) is 0 Å². The van der Waals surface area contributed by atoms with E-state index in [1.165, 1.54) is 26.4 Å². The van der Waals surface area contributed by atoms with Crippen molar-refractivity contribution in [3.63, 3.8) is 0 Å². The number of carbonyl (C=O) groups is 1. The van der Waals surface area contributed by atoms with Crippen LogP contribution in [-0.4, -0.2) is 73.9 Å². The molecule has 1 saturated heterocycles. The molecule has 25 heavy (non-hydrogen) atoms. The van der Waals surface area contributed by atoms with E-state index in [0.29, 0.717) is 13.1 Å². The smallest absolute Gasteiger partial charge is 0.319 e. The van der Waals surface area contributed by atoms with Crippen molar-refractivity contribution < 1.29 is 19.4 Å². The predicted octanol–water partition coefficient (Wildman–Crippen LogP) is 1.52. The lowest BCUT2D eigenvalue weighted by atomic mass is 10.1. The Kier molecular flexibility index (Phi) is 8.18. The Balaban J connectivity index is 1.83. The molecule has 1 unspecified atom stereocenters. The van der Waals surface area contributed by atoms with Gasteiger partial charge in [-0.25, -0.2) is 0 Å². The zero-order chi connectivity index (χ0) is 18.1. The van der Waals surface area contributed by atoms with Crippen LogP contribution < -0.4 is 4.74 Å². The maximum absolute atomic E-state index is 11.4. The van der Waals surface area contributed by atoms with E-state index < -0.39 is 6.10 Å². The average Bonchev–Trinajstić information content (AvgIpc) is 2.61. The summed E-state index contributed by atoms with van der Waals surface area (Å²) < 4.78 is 10.5. The minimum Gasteiger partial charge on any atom is -0.491 e. The van der Waals surface area contributed by atoms with E-state index in [-0.39, 0.29) is 19.1 Å². The van der Waals surface area contributed by atoms with E-state index in [4.69, 9.17) is 9.47 Å². The molecule has 1 aliphatic heterocycles. The number of esters is 1. The van der Waals surface area contributed by atoms with Gasteiger partial charge in [0.1, 0.15) is 18.5 Å². The van der Waals surface area contributed by atoms with E-state index in [1.54, 1.807) is 0 Å². The molecular formula is C19H30N2O4. The predicted molar refractivity (Wildman–Crippen MR) is 96.6 cm³/mol. The van der Waals surface area contributed by atoms with Gasteiger partial charge in [0.05, 0.1) is 13.7 Å². The van der Waals surface area contributed by atoms with Gasteiger partial charge in [0.15, 0.2) is 0 Å². The Morgan fingerprint density at radius 3 is 2.72 bits per heavy atom. The van der Waals surface area contributed by atoms with Crippen molar-refractivity contribution in [1.29, 1.82) is 0 Å². The highest BCUT2D eigenvalue weighted by molar-refractivity contribution is 5.71. The number of likely N-dealkylation sites (tertiary alicyclic amines) is 1. The first-order chi connectivity index (χ1) is 12.1. The van der Waals surface area contributed by atoms with Gasteiger partial charge in [-0.15, -0.1) is 0 Å². The summed E-state index contributed by atoms with van der Waals surface area (Å²) >= 11 is 0. The number of para-hydroxylation sites is 1. The van der Waals surface area contributed by atoms with Crippen LogP contribution in [0.3, 0.4) is 0 Å². The van der Waals surface area contributed by atoms with Gasteiger partial charge in [0.25, 0.3) is 0 Å². The quantitative estimate of drug-likeness (QED) is 0.682. The lowest BCUT2D eigenvalue weighted by Crippen LogP contribution is -2.38. The molecule has 6 heteroatoms. The first-order valence-corrected chi connectivity index (χ1v) is 8.95. The number of hydrogen-bond donors (Lipinski definition) is 1. The maximum Gasteiger partial charge on any atom is 0.319 e. The molecule has 1 aromatic rings. The van der Waals surface area contributed by atoms with Crippen LogP contribution in [0.2, 0.25) is 0 Å². The molecule has 1 heterocycles. The summed E-state index contributed by atoms with van der Waals surface area (Å²) in [7, 11) is 3.25. The van der Waals surface area contributed by atoms with Crippen LogP contribution in [0.1, 0.15) is 24.8 Å². The van der Waals surface area contributed by atoms with Crippen LogP contribution in [-0.2, 0) is 16.1 Å². The highest BCUT2D eigenvalue weighted by Gasteiger charge is 2.16. The molecule has 1 N–H and O–H groups in total. The molecule has 6 nitrogen and oxygen atoms in total. The Hall–Kier alpha value is -1.63. The lowest BCUT2D eigenvalue weighted by Gasteiger charge is -2.28. The van der Waals surface area contributed by atoms with Crippen LogP contribution in [0.25, 0.3) is 0 Å². The Morgan fingerprint density at radius 1 is 1.28 bits per heavy atom. The molecule has 1 atom stereocenters. The highest BCUT2D eigenvalue weighted by Crippen LogP contribution is 2.20. The fourth-order valence-electron chi connectivity index (χ4n) is 3.09. The van der Waals surface area contributed by atoms with Gasteiger partial charge in [-0.05, 0) is 39.0 Å². The minimum absolute atomic E-state index is 0.225. The van der Waals surface area contributed by atoms with Gasteiger partial charge in [0, 0.05) is 18.7 Å². The van der Waals surface area contributed by atoms with Crippen LogP contribution in [0.15, 0.2) is 24.3 Å². The summed E-state index contributed by atoms with van der Waals surface area (Å²) in [5, 5.41) is 10.2. The van der Waals surface area contributed by atoms with Gasteiger partial charge in [0.2, 0.25) is 0 Å². The third-order valence-electron chi connectivity index (χ3n) is 4.39. The van der Waals surface area contributed by atoms with Crippen LogP contribution in [0.4, 0.5) is 0 Å². The maximum atomic E-state index is 11.4. The number of rotatable bonds is 9. The average molecular weight is 350 g/mol. The van der Waals surface area contributed by atoms with E-state index in [9.17, 15) is 9.90 Å². The van der Waals surface area contributed by atoms with Crippen LogP contribution in [0.5, 0.6) is 5.75 Å². The number of nitrogens with zero attached hydrogens (tertiary/aromatic N) is 2. The molecule has 0 amide bonds. The van der Waals surface area contributed by atoms with E-state index in [2.05, 4.69) is 4.90 Å². The third kappa shape index (κ3) is 7.02. The van der Waals surface area contributed by atoms with Crippen molar-refractivity contribution in [3.8, 4) is 5.75 Å². The highest BCUT2D eigenvalue weighted by atomic mass is 16.5. The van der Waals surface area contributed by atoms with Gasteiger partial charge in [-0.2, -0.15) is 0 Å². The summed E-state index contributed by atoms with van der Waals surface area (Å²) in [5.74, 6) is 0.481. The monoisotopic (exact) mass is 350 g/mol. The second-order valence-electron chi connectivity index (χ2n) is 6.68. The topological polar surface area (TPSA) is 62.2 Å². The van der Waals surface area contributed by atoms with Gasteiger partial charge >= 0.3 is 5.97 Å². The second-order valence-corrected chi connectivity index (χ2v) is 6.68. The normalized spacial score (nSPS) is 16.6. The van der Waals surface area contributed by atoms with Crippen molar-refractivity contribution >= 4 is 5.97 Å². The molecule has 0 saturated carbocycles. The van der Waals surface area contributed by atoms with Crippen molar-refractivity contribution in [1.82, 2.24) is 9.80 Å². The molecule has 1 fully saturated rings. The van der Waals surface area contributed by atoms with Gasteiger partial charge < -0.3 is 19.5 Å². The van der Waals surface area contributed by atoms with Crippen molar-refractivity contribution in [2.45, 2.75) is 31.9 Å². The lowest BCUT2D eigenvalue weighted by molar-refractivity contribution is -0.141. The van der Waals surface area contributed by atoms with Crippen LogP contribution >= 0.6 is 0 Å². The number of carbonyl (C=O) groups excluding carboxylic acids is 1. The largest absolute Gasteiger partial charge is 0.491 e. The first kappa shape index (κ1) is 19.7. The molecule has 1 aromatic carbocycles. The summed E-state index contributed by atoms with van der Waals surface area (Å²) in [5.41, 5.74) is 0.985. The zero-order valence-corrected chi connectivity index (χ0v) is 15.3. The summed E-state index contributed by atoms with van der Waals surface area (Å²) in [6, 6.07) is 7.73. The molecule has 0 aromatic heterocycles. The summed E-state index contributed by atoms with van der Waals surface area (Å²) in [6.07, 6.45) is 3.21. The molecule has 0 spiro atoms.